The number of carboxylic acids is 1. The number of carboxylic acid groups (broad SMARTS) is 1. The molecule has 0 aliphatic heterocycles. The molecule has 0 aromatic rings. The van der Waals surface area contributed by atoms with Crippen LogP contribution in [0, 0.1) is 0 Å². The van der Waals surface area contributed by atoms with Gasteiger partial charge in [0.05, 0.1) is 6.04 Å². The molecule has 1 unspecified atom stereocenters. The Kier molecular flexibility index (Phi) is 5.49. The number of hydrogen-bond acceptors (Lipinski definition) is 4. The number of rotatable bonds is 5. The molecule has 0 fully saturated rings. The molecular formula is C10H17NO5. The molecule has 1 atom stereocenters. The van der Waals surface area contributed by atoms with Crippen LogP contribution in [0.5, 0.6) is 0 Å². The van der Waals surface area contributed by atoms with E-state index in [0.717, 1.165) is 0 Å². The first kappa shape index (κ1) is 14.4. The second kappa shape index (κ2) is 6.09. The number of hydrogen-bond donors (Lipinski definition) is 2. The van der Waals surface area contributed by atoms with Crippen molar-refractivity contribution in [3.05, 3.63) is 0 Å². The van der Waals surface area contributed by atoms with Crippen molar-refractivity contribution in [3.8, 4) is 0 Å². The van der Waals surface area contributed by atoms with Crippen LogP contribution < -0.4 is 5.32 Å². The monoisotopic (exact) mass is 231 g/mol. The highest BCUT2D eigenvalue weighted by atomic mass is 16.6. The molecule has 0 heterocycles. The van der Waals surface area contributed by atoms with Gasteiger partial charge in [0.2, 0.25) is 0 Å². The van der Waals surface area contributed by atoms with Crippen molar-refractivity contribution < 1.29 is 24.2 Å². The average molecular weight is 231 g/mol. The number of ether oxygens (including phenoxy) is 1. The lowest BCUT2D eigenvalue weighted by Gasteiger charge is -2.21. The fraction of sp³-hybridized carbons (Fsp3) is 0.700. The van der Waals surface area contributed by atoms with Crippen LogP contribution in [0.3, 0.4) is 0 Å². The van der Waals surface area contributed by atoms with Crippen molar-refractivity contribution in [2.24, 2.45) is 0 Å². The zero-order valence-corrected chi connectivity index (χ0v) is 9.65. The Balaban J connectivity index is 4.07. The third-order valence-electron chi connectivity index (χ3n) is 1.54. The quantitative estimate of drug-likeness (QED) is 0.687. The van der Waals surface area contributed by atoms with Crippen molar-refractivity contribution in [2.45, 2.75) is 45.3 Å². The van der Waals surface area contributed by atoms with E-state index in [4.69, 9.17) is 9.84 Å². The number of aliphatic carboxylic acids is 1. The minimum atomic E-state index is -1.02. The standard InChI is InChI=1S/C10H17NO5/c1-10(2,3)16-9(15)11-7(6-12)4-5-8(13)14/h6-7H,4-5H2,1-3H3,(H,11,15)(H,13,14). The highest BCUT2D eigenvalue weighted by Crippen LogP contribution is 2.07. The molecule has 0 saturated heterocycles. The van der Waals surface area contributed by atoms with E-state index in [9.17, 15) is 14.4 Å². The highest BCUT2D eigenvalue weighted by Gasteiger charge is 2.19. The van der Waals surface area contributed by atoms with Crippen LogP contribution in [-0.4, -0.2) is 35.1 Å². The smallest absolute Gasteiger partial charge is 0.408 e. The highest BCUT2D eigenvalue weighted by molar-refractivity contribution is 5.74. The van der Waals surface area contributed by atoms with Crippen LogP contribution in [0.4, 0.5) is 4.79 Å². The lowest BCUT2D eigenvalue weighted by molar-refractivity contribution is -0.137. The van der Waals surface area contributed by atoms with Crippen molar-refractivity contribution >= 4 is 18.3 Å². The Morgan fingerprint density at radius 3 is 2.38 bits per heavy atom. The fourth-order valence-corrected chi connectivity index (χ4v) is 0.912. The van der Waals surface area contributed by atoms with Gasteiger partial charge in [-0.3, -0.25) is 4.79 Å². The van der Waals surface area contributed by atoms with Gasteiger partial charge in [-0.25, -0.2) is 4.79 Å². The maximum Gasteiger partial charge on any atom is 0.408 e. The van der Waals surface area contributed by atoms with Crippen LogP contribution in [-0.2, 0) is 14.3 Å². The molecule has 0 aromatic heterocycles. The summed E-state index contributed by atoms with van der Waals surface area (Å²) in [7, 11) is 0. The van der Waals surface area contributed by atoms with Gasteiger partial charge < -0.3 is 20.0 Å². The summed E-state index contributed by atoms with van der Waals surface area (Å²) in [4.78, 5) is 32.1. The van der Waals surface area contributed by atoms with Crippen LogP contribution in [0.2, 0.25) is 0 Å². The van der Waals surface area contributed by atoms with Gasteiger partial charge in [0, 0.05) is 6.42 Å². The minimum absolute atomic E-state index is 0.0536. The summed E-state index contributed by atoms with van der Waals surface area (Å²) in [5.41, 5.74) is -0.648. The van der Waals surface area contributed by atoms with Gasteiger partial charge in [-0.2, -0.15) is 0 Å². The van der Waals surface area contributed by atoms with E-state index in [1.54, 1.807) is 20.8 Å². The van der Waals surface area contributed by atoms with Gasteiger partial charge in [0.1, 0.15) is 11.9 Å². The van der Waals surface area contributed by atoms with Gasteiger partial charge in [-0.05, 0) is 27.2 Å². The Hall–Kier alpha value is -1.59. The Morgan fingerprint density at radius 1 is 1.44 bits per heavy atom. The Bertz CT molecular complexity index is 269. The van der Waals surface area contributed by atoms with E-state index in [1.807, 2.05) is 0 Å². The van der Waals surface area contributed by atoms with E-state index in [0.29, 0.717) is 6.29 Å². The zero-order chi connectivity index (χ0) is 12.8. The normalized spacial score (nSPS) is 12.7. The van der Waals surface area contributed by atoms with Crippen molar-refractivity contribution in [2.75, 3.05) is 0 Å². The van der Waals surface area contributed by atoms with Gasteiger partial charge in [0.25, 0.3) is 0 Å². The molecule has 16 heavy (non-hydrogen) atoms. The summed E-state index contributed by atoms with van der Waals surface area (Å²) in [5.74, 6) is -1.02. The lowest BCUT2D eigenvalue weighted by Crippen LogP contribution is -2.40. The summed E-state index contributed by atoms with van der Waals surface area (Å²) >= 11 is 0. The van der Waals surface area contributed by atoms with Gasteiger partial charge in [-0.15, -0.1) is 0 Å². The van der Waals surface area contributed by atoms with Crippen LogP contribution in [0.1, 0.15) is 33.6 Å². The summed E-state index contributed by atoms with van der Waals surface area (Å²) in [5, 5.41) is 10.7. The third kappa shape index (κ3) is 7.78. The number of amides is 1. The number of carbonyl (C=O) groups excluding carboxylic acids is 2. The topological polar surface area (TPSA) is 92.7 Å². The Morgan fingerprint density at radius 2 is 2.00 bits per heavy atom. The molecule has 0 spiro atoms. The largest absolute Gasteiger partial charge is 0.481 e. The first-order chi connectivity index (χ1) is 7.24. The maximum absolute atomic E-state index is 11.2. The number of aldehydes is 1. The average Bonchev–Trinajstić information content (AvgIpc) is 2.08. The van der Waals surface area contributed by atoms with E-state index in [2.05, 4.69) is 5.32 Å². The molecule has 6 heteroatoms. The van der Waals surface area contributed by atoms with E-state index < -0.39 is 23.7 Å². The molecule has 6 nitrogen and oxygen atoms in total. The summed E-state index contributed by atoms with van der Waals surface area (Å²) in [6, 6.07) is -0.828. The molecule has 92 valence electrons. The Labute approximate surface area is 94.0 Å². The van der Waals surface area contributed by atoms with E-state index >= 15 is 0 Å². The molecule has 0 bridgehead atoms. The predicted molar refractivity (Wildman–Crippen MR) is 56.1 cm³/mol. The van der Waals surface area contributed by atoms with Crippen molar-refractivity contribution in [1.29, 1.82) is 0 Å². The molecule has 2 N–H and O–H groups in total. The van der Waals surface area contributed by atoms with Gasteiger partial charge in [-0.1, -0.05) is 0 Å². The molecule has 0 radical (unpaired) electrons. The first-order valence-electron chi connectivity index (χ1n) is 4.91. The third-order valence-corrected chi connectivity index (χ3v) is 1.54. The molecule has 0 aliphatic rings. The summed E-state index contributed by atoms with van der Waals surface area (Å²) in [6.07, 6.45) is -0.362. The van der Waals surface area contributed by atoms with Crippen LogP contribution >= 0.6 is 0 Å². The number of alkyl carbamates (subject to hydrolysis) is 1. The molecular weight excluding hydrogens is 214 g/mol. The predicted octanol–water partition coefficient (Wildman–Crippen LogP) is 0.943. The summed E-state index contributed by atoms with van der Waals surface area (Å²) < 4.78 is 4.92. The van der Waals surface area contributed by atoms with Gasteiger partial charge >= 0.3 is 12.1 Å². The zero-order valence-electron chi connectivity index (χ0n) is 9.65. The number of carbonyl (C=O) groups is 3. The first-order valence-corrected chi connectivity index (χ1v) is 4.91. The fourth-order valence-electron chi connectivity index (χ4n) is 0.912. The second-order valence-electron chi connectivity index (χ2n) is 4.32. The molecule has 0 saturated carbocycles. The van der Waals surface area contributed by atoms with E-state index in [-0.39, 0.29) is 12.8 Å². The summed E-state index contributed by atoms with van der Waals surface area (Å²) in [6.45, 7) is 5.08. The molecule has 0 aromatic carbocycles. The van der Waals surface area contributed by atoms with Crippen LogP contribution in [0.15, 0.2) is 0 Å². The van der Waals surface area contributed by atoms with Gasteiger partial charge in [0.15, 0.2) is 0 Å². The van der Waals surface area contributed by atoms with Crippen molar-refractivity contribution in [3.63, 3.8) is 0 Å². The SMILES string of the molecule is CC(C)(C)OC(=O)NC(C=O)CCC(=O)O. The molecule has 0 aliphatic carbocycles. The van der Waals surface area contributed by atoms with Crippen molar-refractivity contribution in [1.82, 2.24) is 5.32 Å². The lowest BCUT2D eigenvalue weighted by atomic mass is 10.2. The van der Waals surface area contributed by atoms with E-state index in [1.165, 1.54) is 0 Å². The second-order valence-corrected chi connectivity index (χ2v) is 4.32. The maximum atomic E-state index is 11.2. The molecule has 0 rings (SSSR count). The minimum Gasteiger partial charge on any atom is -0.481 e. The van der Waals surface area contributed by atoms with Crippen LogP contribution in [0.25, 0.3) is 0 Å². The molecule has 1 amide bonds. The number of nitrogens with one attached hydrogen (secondary N) is 1.